The first-order chi connectivity index (χ1) is 4.81. The fourth-order valence-electron chi connectivity index (χ4n) is 0.736. The van der Waals surface area contributed by atoms with Crippen molar-refractivity contribution in [2.45, 2.75) is 38.8 Å². The molecule has 1 unspecified atom stereocenters. The number of aliphatic imine (C=N–C) groups is 1. The molecule has 58 valence electrons. The van der Waals surface area contributed by atoms with Crippen LogP contribution in [0.3, 0.4) is 0 Å². The van der Waals surface area contributed by atoms with Crippen molar-refractivity contribution in [3.63, 3.8) is 0 Å². The van der Waals surface area contributed by atoms with Gasteiger partial charge in [-0.15, -0.1) is 0 Å². The van der Waals surface area contributed by atoms with Crippen LogP contribution in [0.2, 0.25) is 0 Å². The first-order valence-corrected chi connectivity index (χ1v) is 3.63. The van der Waals surface area contributed by atoms with Crippen LogP contribution in [0, 0.1) is 0 Å². The summed E-state index contributed by atoms with van der Waals surface area (Å²) in [5.74, 6) is 0. The highest BCUT2D eigenvalue weighted by Gasteiger charge is 1.96. The van der Waals surface area contributed by atoms with Gasteiger partial charge in [0.15, 0.2) is 0 Å². The van der Waals surface area contributed by atoms with Gasteiger partial charge in [-0.05, 0) is 12.8 Å². The zero-order valence-corrected chi connectivity index (χ0v) is 6.34. The van der Waals surface area contributed by atoms with Crippen LogP contribution >= 0.6 is 0 Å². The third-order valence-electron chi connectivity index (χ3n) is 1.32. The molecule has 0 saturated carbocycles. The molecule has 0 aromatic heterocycles. The number of unbranched alkanes of at least 4 members (excludes halogenated alkanes) is 2. The molecule has 0 aromatic carbocycles. The van der Waals surface area contributed by atoms with Gasteiger partial charge in [0, 0.05) is 0 Å². The molecule has 0 heterocycles. The zero-order chi connectivity index (χ0) is 7.82. The maximum absolute atomic E-state index is 9.68. The van der Waals surface area contributed by atoms with Crippen LogP contribution in [0.4, 0.5) is 0 Å². The largest absolute Gasteiger partial charge is 0.309 e. The molecule has 0 saturated heterocycles. The second-order valence-corrected chi connectivity index (χ2v) is 2.28. The number of hydrogen-bond donors (Lipinski definition) is 1. The van der Waals surface area contributed by atoms with Crippen molar-refractivity contribution in [1.29, 1.82) is 0 Å². The monoisotopic (exact) mass is 142 g/mol. The lowest BCUT2D eigenvalue weighted by Crippen LogP contribution is -2.16. The van der Waals surface area contributed by atoms with Gasteiger partial charge in [-0.25, -0.2) is 4.79 Å². The fraction of sp³-hybridized carbons (Fsp3) is 0.857. The van der Waals surface area contributed by atoms with E-state index in [9.17, 15) is 4.79 Å². The van der Waals surface area contributed by atoms with Crippen LogP contribution in [0.15, 0.2) is 4.99 Å². The molecule has 0 rings (SSSR count). The summed E-state index contributed by atoms with van der Waals surface area (Å²) in [5.41, 5.74) is 5.40. The van der Waals surface area contributed by atoms with E-state index in [0.717, 1.165) is 25.7 Å². The highest BCUT2D eigenvalue weighted by molar-refractivity contribution is 5.33. The molecule has 0 bridgehead atoms. The van der Waals surface area contributed by atoms with Crippen molar-refractivity contribution in [2.75, 3.05) is 0 Å². The van der Waals surface area contributed by atoms with E-state index in [1.165, 1.54) is 6.08 Å². The zero-order valence-electron chi connectivity index (χ0n) is 6.34. The predicted octanol–water partition coefficient (Wildman–Crippen LogP) is 1.19. The van der Waals surface area contributed by atoms with Gasteiger partial charge in [0.25, 0.3) is 0 Å². The van der Waals surface area contributed by atoms with Crippen LogP contribution in [-0.2, 0) is 4.79 Å². The van der Waals surface area contributed by atoms with Crippen LogP contribution in [-0.4, -0.2) is 12.2 Å². The Kier molecular flexibility index (Phi) is 6.03. The predicted molar refractivity (Wildman–Crippen MR) is 40.2 cm³/mol. The maximum atomic E-state index is 9.68. The van der Waals surface area contributed by atoms with E-state index in [0.29, 0.717) is 0 Å². The number of isocyanates is 1. The van der Waals surface area contributed by atoms with Crippen molar-refractivity contribution in [1.82, 2.24) is 0 Å². The van der Waals surface area contributed by atoms with Gasteiger partial charge in [0.1, 0.15) is 6.17 Å². The van der Waals surface area contributed by atoms with Crippen LogP contribution in [0.25, 0.3) is 0 Å². The molecule has 0 radical (unpaired) electrons. The Bertz CT molecular complexity index is 119. The lowest BCUT2D eigenvalue weighted by molar-refractivity contribution is 0.541. The lowest BCUT2D eigenvalue weighted by Gasteiger charge is -2.00. The maximum Gasteiger partial charge on any atom is 0.236 e. The summed E-state index contributed by atoms with van der Waals surface area (Å²) in [6, 6.07) is 0. The van der Waals surface area contributed by atoms with E-state index in [1.54, 1.807) is 0 Å². The smallest absolute Gasteiger partial charge is 0.236 e. The summed E-state index contributed by atoms with van der Waals surface area (Å²) in [5, 5.41) is 0. The van der Waals surface area contributed by atoms with Gasteiger partial charge >= 0.3 is 0 Å². The molecule has 0 amide bonds. The van der Waals surface area contributed by atoms with Crippen molar-refractivity contribution in [2.24, 2.45) is 10.7 Å². The summed E-state index contributed by atoms with van der Waals surface area (Å²) in [4.78, 5) is 13.0. The van der Waals surface area contributed by atoms with Gasteiger partial charge in [-0.3, -0.25) is 0 Å². The second-order valence-electron chi connectivity index (χ2n) is 2.28. The van der Waals surface area contributed by atoms with Gasteiger partial charge in [-0.2, -0.15) is 4.99 Å². The Morgan fingerprint density at radius 1 is 1.60 bits per heavy atom. The lowest BCUT2D eigenvalue weighted by atomic mass is 10.2. The van der Waals surface area contributed by atoms with Gasteiger partial charge in [-0.1, -0.05) is 19.8 Å². The molecule has 0 fully saturated rings. The standard InChI is InChI=1S/C7H14N2O/c1-2-3-4-5-7(8)9-6-10/h7H,2-5,8H2,1H3. The molecule has 1 atom stereocenters. The molecular formula is C7H14N2O. The fourth-order valence-corrected chi connectivity index (χ4v) is 0.736. The second kappa shape index (κ2) is 6.46. The van der Waals surface area contributed by atoms with E-state index in [-0.39, 0.29) is 6.17 Å². The third kappa shape index (κ3) is 5.48. The topological polar surface area (TPSA) is 55.4 Å². The Morgan fingerprint density at radius 2 is 2.30 bits per heavy atom. The first-order valence-electron chi connectivity index (χ1n) is 3.63. The van der Waals surface area contributed by atoms with Crippen LogP contribution in [0.1, 0.15) is 32.6 Å². The van der Waals surface area contributed by atoms with E-state index in [1.807, 2.05) is 0 Å². The molecule has 2 N–H and O–H groups in total. The third-order valence-corrected chi connectivity index (χ3v) is 1.32. The Morgan fingerprint density at radius 3 is 2.80 bits per heavy atom. The molecule has 0 aliphatic carbocycles. The van der Waals surface area contributed by atoms with E-state index >= 15 is 0 Å². The van der Waals surface area contributed by atoms with Crippen LogP contribution < -0.4 is 5.73 Å². The SMILES string of the molecule is CCCCCC(N)N=C=O. The quantitative estimate of drug-likeness (QED) is 0.356. The number of nitrogens with zero attached hydrogens (tertiary/aromatic N) is 1. The van der Waals surface area contributed by atoms with Gasteiger partial charge in [0.2, 0.25) is 6.08 Å². The average Bonchev–Trinajstić information content (AvgIpc) is 1.89. The molecule has 0 spiro atoms. The summed E-state index contributed by atoms with van der Waals surface area (Å²) in [6.07, 6.45) is 5.27. The minimum atomic E-state index is -0.330. The molecule has 3 heteroatoms. The van der Waals surface area contributed by atoms with Crippen molar-refractivity contribution >= 4 is 6.08 Å². The van der Waals surface area contributed by atoms with Crippen LogP contribution in [0.5, 0.6) is 0 Å². The number of carbonyl (C=O) groups excluding carboxylic acids is 1. The van der Waals surface area contributed by atoms with Gasteiger partial charge < -0.3 is 5.73 Å². The molecule has 0 aliphatic rings. The minimum Gasteiger partial charge on any atom is -0.309 e. The Balaban J connectivity index is 3.21. The number of rotatable bonds is 5. The molecule has 3 nitrogen and oxygen atoms in total. The first kappa shape index (κ1) is 9.34. The molecular weight excluding hydrogens is 128 g/mol. The van der Waals surface area contributed by atoms with Crippen molar-refractivity contribution in [3.05, 3.63) is 0 Å². The van der Waals surface area contributed by atoms with Gasteiger partial charge in [0.05, 0.1) is 0 Å². The average molecular weight is 142 g/mol. The molecule has 10 heavy (non-hydrogen) atoms. The highest BCUT2D eigenvalue weighted by atomic mass is 16.1. The van der Waals surface area contributed by atoms with E-state index in [2.05, 4.69) is 11.9 Å². The normalized spacial score (nSPS) is 12.2. The van der Waals surface area contributed by atoms with Crippen molar-refractivity contribution < 1.29 is 4.79 Å². The molecule has 0 aliphatic heterocycles. The minimum absolute atomic E-state index is 0.330. The summed E-state index contributed by atoms with van der Waals surface area (Å²) in [6.45, 7) is 2.12. The number of hydrogen-bond acceptors (Lipinski definition) is 3. The Hall–Kier alpha value is -0.660. The highest BCUT2D eigenvalue weighted by Crippen LogP contribution is 2.01. The summed E-state index contributed by atoms with van der Waals surface area (Å²) in [7, 11) is 0. The number of nitrogens with two attached hydrogens (primary N) is 1. The van der Waals surface area contributed by atoms with E-state index in [4.69, 9.17) is 5.73 Å². The molecule has 0 aromatic rings. The summed E-state index contributed by atoms with van der Waals surface area (Å²) >= 11 is 0. The van der Waals surface area contributed by atoms with E-state index < -0.39 is 0 Å². The summed E-state index contributed by atoms with van der Waals surface area (Å²) < 4.78 is 0. The van der Waals surface area contributed by atoms with Crippen molar-refractivity contribution in [3.8, 4) is 0 Å². The Labute approximate surface area is 61.3 Å².